The van der Waals surface area contributed by atoms with Crippen molar-refractivity contribution >= 4 is 42.4 Å². The summed E-state index contributed by atoms with van der Waals surface area (Å²) in [6.07, 6.45) is 0. The Morgan fingerprint density at radius 2 is 1.30 bits per heavy atom. The predicted octanol–water partition coefficient (Wildman–Crippen LogP) is 4.95. The molecule has 4 aromatic carbocycles. The first-order valence-corrected chi connectivity index (χ1v) is 9.00. The molecule has 0 bridgehead atoms. The summed E-state index contributed by atoms with van der Waals surface area (Å²) >= 11 is 0. The maximum atomic E-state index is 11.7. The van der Waals surface area contributed by atoms with Gasteiger partial charge in [-0.3, -0.25) is 4.55 Å². The van der Waals surface area contributed by atoms with Gasteiger partial charge in [0.15, 0.2) is 0 Å². The minimum absolute atomic E-state index is 0.0330. The highest BCUT2D eigenvalue weighted by molar-refractivity contribution is 7.86. The Morgan fingerprint density at radius 1 is 0.783 bits per heavy atom. The lowest BCUT2D eigenvalue weighted by atomic mass is 9.89. The van der Waals surface area contributed by atoms with E-state index in [4.69, 9.17) is 0 Å². The molecule has 0 fully saturated rings. The number of hydrogen-bond acceptors (Lipinski definition) is 2. The Hall–Kier alpha value is -2.17. The van der Waals surface area contributed by atoms with Crippen molar-refractivity contribution in [3.8, 4) is 0 Å². The van der Waals surface area contributed by atoms with Crippen LogP contribution < -0.4 is 0 Å². The van der Waals surface area contributed by atoms with Crippen LogP contribution in [-0.4, -0.2) is 13.0 Å². The molecule has 0 amide bonds. The van der Waals surface area contributed by atoms with E-state index >= 15 is 0 Å². The third kappa shape index (κ3) is 2.02. The van der Waals surface area contributed by atoms with Crippen LogP contribution in [0, 0.1) is 0 Å². The molecule has 0 radical (unpaired) electrons. The molecule has 23 heavy (non-hydrogen) atoms. The minimum Gasteiger partial charge on any atom is -0.282 e. The zero-order chi connectivity index (χ0) is 16.4. The van der Waals surface area contributed by atoms with Gasteiger partial charge in [0, 0.05) is 5.39 Å². The van der Waals surface area contributed by atoms with E-state index in [2.05, 4.69) is 32.0 Å². The average molecular weight is 324 g/mol. The van der Waals surface area contributed by atoms with Crippen LogP contribution in [0.3, 0.4) is 0 Å². The molecule has 116 valence electrons. The molecule has 0 spiro atoms. The predicted molar refractivity (Wildman–Crippen MR) is 94.0 cm³/mol. The minimum atomic E-state index is -4.25. The quantitative estimate of drug-likeness (QED) is 0.419. The molecule has 0 unspecified atom stereocenters. The second-order valence-electron chi connectivity index (χ2n) is 6.27. The third-order valence-electron chi connectivity index (χ3n) is 4.56. The van der Waals surface area contributed by atoms with Gasteiger partial charge in [0.2, 0.25) is 0 Å². The molecule has 0 aliphatic rings. The smallest absolute Gasteiger partial charge is 0.282 e. The van der Waals surface area contributed by atoms with E-state index in [-0.39, 0.29) is 4.90 Å². The topological polar surface area (TPSA) is 54.4 Å². The Kier molecular flexibility index (Phi) is 2.92. The Bertz CT molecular complexity index is 1160. The van der Waals surface area contributed by atoms with E-state index in [1.54, 1.807) is 12.1 Å². The lowest BCUT2D eigenvalue weighted by Gasteiger charge is -2.16. The van der Waals surface area contributed by atoms with Crippen LogP contribution in [0.1, 0.15) is 25.3 Å². The summed E-state index contributed by atoms with van der Waals surface area (Å²) in [5.41, 5.74) is 1.24. The van der Waals surface area contributed by atoms with Crippen molar-refractivity contribution in [3.05, 3.63) is 54.1 Å². The van der Waals surface area contributed by atoms with Gasteiger partial charge in [-0.1, -0.05) is 56.3 Å². The first-order valence-electron chi connectivity index (χ1n) is 7.56. The summed E-state index contributed by atoms with van der Waals surface area (Å²) in [5, 5.41) is 5.74. The molecule has 4 aromatic rings. The van der Waals surface area contributed by atoms with E-state index in [1.165, 1.54) is 11.6 Å². The highest BCUT2D eigenvalue weighted by Gasteiger charge is 2.18. The van der Waals surface area contributed by atoms with Crippen LogP contribution in [0.25, 0.3) is 32.3 Å². The van der Waals surface area contributed by atoms with E-state index in [1.807, 2.05) is 12.1 Å². The number of benzene rings is 4. The Morgan fingerprint density at radius 3 is 1.91 bits per heavy atom. The van der Waals surface area contributed by atoms with Gasteiger partial charge in [-0.2, -0.15) is 8.42 Å². The summed E-state index contributed by atoms with van der Waals surface area (Å²) < 4.78 is 33.0. The van der Waals surface area contributed by atoms with Gasteiger partial charge in [0.05, 0.1) is 0 Å². The van der Waals surface area contributed by atoms with Crippen molar-refractivity contribution in [3.63, 3.8) is 0 Å². The van der Waals surface area contributed by atoms with Crippen LogP contribution in [0.4, 0.5) is 0 Å². The Balaban J connectivity index is 2.32. The van der Waals surface area contributed by atoms with Crippen molar-refractivity contribution in [2.45, 2.75) is 24.7 Å². The molecule has 0 aromatic heterocycles. The van der Waals surface area contributed by atoms with Crippen molar-refractivity contribution in [1.29, 1.82) is 0 Å². The standard InChI is InChI=1S/C19H16O3S/c1-11(2)14-7-5-12-3-4-13-6-10-17(23(20,21)22)16-9-8-15(14)18(12)19(13)16/h3-11H,1-2H3,(H,20,21,22). The van der Waals surface area contributed by atoms with Crippen LogP contribution >= 0.6 is 0 Å². The fourth-order valence-electron chi connectivity index (χ4n) is 3.53. The lowest BCUT2D eigenvalue weighted by Crippen LogP contribution is -2.00. The van der Waals surface area contributed by atoms with Gasteiger partial charge in [0.25, 0.3) is 10.1 Å². The fraction of sp³-hybridized carbons (Fsp3) is 0.158. The number of rotatable bonds is 2. The monoisotopic (exact) mass is 324 g/mol. The molecule has 0 saturated heterocycles. The van der Waals surface area contributed by atoms with Gasteiger partial charge < -0.3 is 0 Å². The van der Waals surface area contributed by atoms with Gasteiger partial charge in [0.1, 0.15) is 4.90 Å². The van der Waals surface area contributed by atoms with Crippen molar-refractivity contribution in [1.82, 2.24) is 0 Å². The van der Waals surface area contributed by atoms with Crippen LogP contribution in [0.15, 0.2) is 53.4 Å². The van der Waals surface area contributed by atoms with Gasteiger partial charge in [-0.15, -0.1) is 0 Å². The molecule has 0 heterocycles. The van der Waals surface area contributed by atoms with Gasteiger partial charge in [-0.25, -0.2) is 0 Å². The highest BCUT2D eigenvalue weighted by atomic mass is 32.2. The summed E-state index contributed by atoms with van der Waals surface area (Å²) in [4.78, 5) is -0.0330. The summed E-state index contributed by atoms with van der Waals surface area (Å²) in [6.45, 7) is 4.30. The Labute approximate surface area is 134 Å². The van der Waals surface area contributed by atoms with Crippen molar-refractivity contribution in [2.24, 2.45) is 0 Å². The van der Waals surface area contributed by atoms with Crippen LogP contribution in [0.5, 0.6) is 0 Å². The molecule has 4 rings (SSSR count). The molecular formula is C19H16O3S. The summed E-state index contributed by atoms with van der Waals surface area (Å²) in [7, 11) is -4.25. The zero-order valence-electron chi connectivity index (χ0n) is 12.9. The molecule has 3 nitrogen and oxygen atoms in total. The summed E-state index contributed by atoms with van der Waals surface area (Å²) in [5.74, 6) is 0.376. The summed E-state index contributed by atoms with van der Waals surface area (Å²) in [6, 6.07) is 15.3. The molecule has 1 N–H and O–H groups in total. The van der Waals surface area contributed by atoms with Gasteiger partial charge in [-0.05, 0) is 44.5 Å². The third-order valence-corrected chi connectivity index (χ3v) is 5.47. The molecule has 0 saturated carbocycles. The second-order valence-corrected chi connectivity index (χ2v) is 7.66. The van der Waals surface area contributed by atoms with Crippen LogP contribution in [-0.2, 0) is 10.1 Å². The maximum absolute atomic E-state index is 11.7. The molecule has 4 heteroatoms. The van der Waals surface area contributed by atoms with E-state index in [9.17, 15) is 13.0 Å². The molecule has 0 aliphatic carbocycles. The van der Waals surface area contributed by atoms with Crippen molar-refractivity contribution < 1.29 is 13.0 Å². The van der Waals surface area contributed by atoms with Crippen LogP contribution in [0.2, 0.25) is 0 Å². The van der Waals surface area contributed by atoms with E-state index in [0.29, 0.717) is 11.3 Å². The maximum Gasteiger partial charge on any atom is 0.295 e. The van der Waals surface area contributed by atoms with E-state index < -0.39 is 10.1 Å². The number of hydrogen-bond donors (Lipinski definition) is 1. The zero-order valence-corrected chi connectivity index (χ0v) is 13.7. The first kappa shape index (κ1) is 14.4. The average Bonchev–Trinajstić information content (AvgIpc) is 2.50. The molecule has 0 aliphatic heterocycles. The molecule has 0 atom stereocenters. The van der Waals surface area contributed by atoms with Crippen molar-refractivity contribution in [2.75, 3.05) is 0 Å². The lowest BCUT2D eigenvalue weighted by molar-refractivity contribution is 0.484. The fourth-order valence-corrected chi connectivity index (χ4v) is 4.21. The van der Waals surface area contributed by atoms with E-state index in [0.717, 1.165) is 26.9 Å². The van der Waals surface area contributed by atoms with Gasteiger partial charge >= 0.3 is 0 Å². The highest BCUT2D eigenvalue weighted by Crippen LogP contribution is 2.39. The molecular weight excluding hydrogens is 308 g/mol. The normalized spacial score (nSPS) is 12.9. The largest absolute Gasteiger partial charge is 0.295 e. The second kappa shape index (κ2) is 4.66. The first-order chi connectivity index (χ1) is 10.9. The SMILES string of the molecule is CC(C)c1ccc2ccc3ccc(S(=O)(=O)O)c4ccc1c2c34.